The average molecular weight is 508 g/mol. The van der Waals surface area contributed by atoms with Crippen LogP contribution in [0.3, 0.4) is 0 Å². The van der Waals surface area contributed by atoms with Crippen LogP contribution in [0.15, 0.2) is 32.9 Å². The SMILES string of the molecule is NCc1cc(S(=O)(=O)Nc2ccc(Cl)cc2I)c(Br)s1. The van der Waals surface area contributed by atoms with Crippen LogP contribution in [0, 0.1) is 3.57 Å². The zero-order valence-corrected chi connectivity index (χ0v) is 16.0. The second kappa shape index (κ2) is 6.49. The van der Waals surface area contributed by atoms with Gasteiger partial charge in [0.2, 0.25) is 0 Å². The molecule has 0 unspecified atom stereocenters. The largest absolute Gasteiger partial charge is 0.326 e. The molecule has 0 fully saturated rings. The lowest BCUT2D eigenvalue weighted by Crippen LogP contribution is -2.13. The fraction of sp³-hybridized carbons (Fsp3) is 0.0909. The predicted molar refractivity (Wildman–Crippen MR) is 94.9 cm³/mol. The van der Waals surface area contributed by atoms with Crippen LogP contribution in [0.5, 0.6) is 0 Å². The highest BCUT2D eigenvalue weighted by atomic mass is 127. The van der Waals surface area contributed by atoms with E-state index in [1.165, 1.54) is 11.3 Å². The number of thiophene rings is 1. The van der Waals surface area contributed by atoms with E-state index in [0.29, 0.717) is 21.0 Å². The van der Waals surface area contributed by atoms with E-state index in [0.717, 1.165) is 8.45 Å². The Labute approximate surface area is 148 Å². The van der Waals surface area contributed by atoms with E-state index in [9.17, 15) is 8.42 Å². The van der Waals surface area contributed by atoms with Crippen LogP contribution in [0.4, 0.5) is 5.69 Å². The van der Waals surface area contributed by atoms with Crippen molar-refractivity contribution in [3.63, 3.8) is 0 Å². The third-order valence-corrected chi connectivity index (χ3v) is 7.14. The van der Waals surface area contributed by atoms with Gasteiger partial charge in [-0.3, -0.25) is 4.72 Å². The number of anilines is 1. The summed E-state index contributed by atoms with van der Waals surface area (Å²) in [5, 5.41) is 0.555. The summed E-state index contributed by atoms with van der Waals surface area (Å²) in [4.78, 5) is 0.983. The molecular weight excluding hydrogens is 499 g/mol. The summed E-state index contributed by atoms with van der Waals surface area (Å²) in [6, 6.07) is 6.52. The molecule has 0 spiro atoms. The van der Waals surface area contributed by atoms with Crippen molar-refractivity contribution in [2.45, 2.75) is 11.4 Å². The summed E-state index contributed by atoms with van der Waals surface area (Å²) in [6.45, 7) is 0.303. The number of sulfonamides is 1. The fourth-order valence-electron chi connectivity index (χ4n) is 1.45. The van der Waals surface area contributed by atoms with Crippen molar-refractivity contribution in [2.75, 3.05) is 4.72 Å². The van der Waals surface area contributed by atoms with Crippen molar-refractivity contribution < 1.29 is 8.42 Å². The first-order chi connectivity index (χ1) is 9.33. The van der Waals surface area contributed by atoms with Crippen molar-refractivity contribution >= 4 is 77.2 Å². The van der Waals surface area contributed by atoms with E-state index in [-0.39, 0.29) is 4.90 Å². The molecule has 0 radical (unpaired) electrons. The van der Waals surface area contributed by atoms with Crippen LogP contribution in [0.1, 0.15) is 4.88 Å². The van der Waals surface area contributed by atoms with Gasteiger partial charge in [-0.1, -0.05) is 11.6 Å². The minimum Gasteiger partial charge on any atom is -0.326 e. The second-order valence-electron chi connectivity index (χ2n) is 3.78. The molecule has 2 rings (SSSR count). The smallest absolute Gasteiger partial charge is 0.263 e. The molecule has 1 heterocycles. The Kier molecular flexibility index (Phi) is 5.35. The van der Waals surface area contributed by atoms with Gasteiger partial charge in [0, 0.05) is 20.0 Å². The van der Waals surface area contributed by atoms with Gasteiger partial charge in [-0.05, 0) is 62.8 Å². The molecule has 20 heavy (non-hydrogen) atoms. The number of benzene rings is 1. The maximum absolute atomic E-state index is 12.4. The van der Waals surface area contributed by atoms with Crippen LogP contribution in [-0.4, -0.2) is 8.42 Å². The minimum absolute atomic E-state index is 0.189. The van der Waals surface area contributed by atoms with Gasteiger partial charge in [0.25, 0.3) is 10.0 Å². The van der Waals surface area contributed by atoms with E-state index in [1.54, 1.807) is 24.3 Å². The van der Waals surface area contributed by atoms with E-state index in [1.807, 2.05) is 22.6 Å². The minimum atomic E-state index is -3.66. The maximum atomic E-state index is 12.4. The van der Waals surface area contributed by atoms with Gasteiger partial charge in [0.05, 0.1) is 9.47 Å². The van der Waals surface area contributed by atoms with E-state index < -0.39 is 10.0 Å². The molecule has 0 aliphatic heterocycles. The summed E-state index contributed by atoms with van der Waals surface area (Å²) in [5.41, 5.74) is 6.02. The summed E-state index contributed by atoms with van der Waals surface area (Å²) in [6.07, 6.45) is 0. The molecule has 4 nitrogen and oxygen atoms in total. The molecule has 1 aromatic heterocycles. The normalized spacial score (nSPS) is 11.6. The maximum Gasteiger partial charge on any atom is 0.263 e. The zero-order chi connectivity index (χ0) is 14.9. The highest BCUT2D eigenvalue weighted by Gasteiger charge is 2.21. The summed E-state index contributed by atoms with van der Waals surface area (Å²) in [5.74, 6) is 0. The first kappa shape index (κ1) is 16.5. The van der Waals surface area contributed by atoms with Gasteiger partial charge in [-0.2, -0.15) is 0 Å². The molecule has 2 aromatic rings. The van der Waals surface area contributed by atoms with Crippen LogP contribution >= 0.6 is 61.5 Å². The fourth-order valence-corrected chi connectivity index (χ4v) is 6.29. The number of hydrogen-bond acceptors (Lipinski definition) is 4. The molecule has 0 saturated heterocycles. The molecule has 9 heteroatoms. The Morgan fingerprint density at radius 2 is 2.10 bits per heavy atom. The Hall–Kier alpha value is 0.130. The Bertz CT molecular complexity index is 749. The highest BCUT2D eigenvalue weighted by Crippen LogP contribution is 2.33. The molecule has 0 amide bonds. The van der Waals surface area contributed by atoms with Gasteiger partial charge in [0.15, 0.2) is 0 Å². The van der Waals surface area contributed by atoms with Crippen LogP contribution < -0.4 is 10.5 Å². The van der Waals surface area contributed by atoms with Crippen molar-refractivity contribution in [1.82, 2.24) is 0 Å². The first-order valence-electron chi connectivity index (χ1n) is 5.29. The lowest BCUT2D eigenvalue weighted by Gasteiger charge is -2.09. The number of nitrogens with one attached hydrogen (secondary N) is 1. The lowest BCUT2D eigenvalue weighted by atomic mass is 10.3. The summed E-state index contributed by atoms with van der Waals surface area (Å²) < 4.78 is 28.6. The topological polar surface area (TPSA) is 72.2 Å². The van der Waals surface area contributed by atoms with Gasteiger partial charge >= 0.3 is 0 Å². The van der Waals surface area contributed by atoms with Crippen molar-refractivity contribution in [2.24, 2.45) is 5.73 Å². The molecule has 0 bridgehead atoms. The third kappa shape index (κ3) is 3.66. The van der Waals surface area contributed by atoms with Gasteiger partial charge < -0.3 is 5.73 Å². The molecule has 0 atom stereocenters. The quantitative estimate of drug-likeness (QED) is 0.614. The Morgan fingerprint density at radius 1 is 1.40 bits per heavy atom. The monoisotopic (exact) mass is 506 g/mol. The standard InChI is InChI=1S/C11H9BrClIN2O2S2/c12-11-10(4-7(5-15)19-11)20(17,18)16-9-2-1-6(13)3-8(9)14/h1-4,16H,5,15H2. The molecule has 3 N–H and O–H groups in total. The number of halogens is 3. The van der Waals surface area contributed by atoms with E-state index >= 15 is 0 Å². The number of nitrogens with two attached hydrogens (primary N) is 1. The summed E-state index contributed by atoms with van der Waals surface area (Å²) in [7, 11) is -3.66. The highest BCUT2D eigenvalue weighted by molar-refractivity contribution is 14.1. The van der Waals surface area contributed by atoms with Crippen LogP contribution in [0.25, 0.3) is 0 Å². The Morgan fingerprint density at radius 3 is 2.65 bits per heavy atom. The van der Waals surface area contributed by atoms with Crippen molar-refractivity contribution in [1.29, 1.82) is 0 Å². The molecule has 0 aliphatic rings. The van der Waals surface area contributed by atoms with Crippen LogP contribution in [-0.2, 0) is 16.6 Å². The first-order valence-corrected chi connectivity index (χ1v) is 9.84. The molecule has 0 saturated carbocycles. The molecular formula is C11H9BrClIN2O2S2. The van der Waals surface area contributed by atoms with Crippen molar-refractivity contribution in [3.8, 4) is 0 Å². The lowest BCUT2D eigenvalue weighted by molar-refractivity contribution is 0.601. The van der Waals surface area contributed by atoms with Crippen LogP contribution in [0.2, 0.25) is 5.02 Å². The van der Waals surface area contributed by atoms with E-state index in [2.05, 4.69) is 20.7 Å². The predicted octanol–water partition coefficient (Wildman–Crippen LogP) is 4.03. The van der Waals surface area contributed by atoms with Gasteiger partial charge in [0.1, 0.15) is 4.90 Å². The molecule has 108 valence electrons. The molecule has 0 aliphatic carbocycles. The summed E-state index contributed by atoms with van der Waals surface area (Å²) >= 11 is 12.4. The van der Waals surface area contributed by atoms with Crippen molar-refractivity contribution in [3.05, 3.63) is 41.5 Å². The third-order valence-electron chi connectivity index (χ3n) is 2.37. The Balaban J connectivity index is 2.38. The van der Waals surface area contributed by atoms with Gasteiger partial charge in [-0.15, -0.1) is 11.3 Å². The second-order valence-corrected chi connectivity index (χ2v) is 9.49. The number of rotatable bonds is 4. The van der Waals surface area contributed by atoms with E-state index in [4.69, 9.17) is 17.3 Å². The number of hydrogen-bond donors (Lipinski definition) is 2. The zero-order valence-electron chi connectivity index (χ0n) is 9.86. The molecule has 1 aromatic carbocycles. The average Bonchev–Trinajstić information content (AvgIpc) is 2.75. The van der Waals surface area contributed by atoms with Gasteiger partial charge in [-0.25, -0.2) is 8.42 Å².